The molecule has 3 rings (SSSR count). The second-order valence-corrected chi connectivity index (χ2v) is 4.91. The third-order valence-corrected chi connectivity index (χ3v) is 3.69. The van der Waals surface area contributed by atoms with Gasteiger partial charge in [0.05, 0.1) is 24.2 Å². The molecule has 0 spiro atoms. The second kappa shape index (κ2) is 3.89. The lowest BCUT2D eigenvalue weighted by Gasteiger charge is -2.12. The lowest BCUT2D eigenvalue weighted by Crippen LogP contribution is -2.07. The number of aromatic nitrogens is 3. The summed E-state index contributed by atoms with van der Waals surface area (Å²) in [5, 5.41) is 17.3. The number of hydrogen-bond donors (Lipinski definition) is 0. The molecule has 0 saturated heterocycles. The molecule has 1 heterocycles. The highest BCUT2D eigenvalue weighted by atomic mass is 15.5. The van der Waals surface area contributed by atoms with E-state index in [4.69, 9.17) is 5.26 Å². The van der Waals surface area contributed by atoms with Crippen molar-refractivity contribution in [3.05, 3.63) is 11.4 Å². The first-order valence-corrected chi connectivity index (χ1v) is 6.21. The van der Waals surface area contributed by atoms with Gasteiger partial charge in [-0.15, -0.1) is 5.10 Å². The van der Waals surface area contributed by atoms with Gasteiger partial charge in [-0.05, 0) is 25.7 Å². The third-order valence-electron chi connectivity index (χ3n) is 3.69. The van der Waals surface area contributed by atoms with Crippen LogP contribution in [0.4, 0.5) is 0 Å². The van der Waals surface area contributed by atoms with E-state index in [1.54, 1.807) is 0 Å². The zero-order valence-corrected chi connectivity index (χ0v) is 9.39. The van der Waals surface area contributed by atoms with Gasteiger partial charge in [0, 0.05) is 5.92 Å². The Labute approximate surface area is 95.3 Å². The molecule has 84 valence electrons. The van der Waals surface area contributed by atoms with Gasteiger partial charge >= 0.3 is 0 Å². The average Bonchev–Trinajstić information content (AvgIpc) is 2.84. The molecule has 0 bridgehead atoms. The van der Waals surface area contributed by atoms with Crippen LogP contribution in [-0.4, -0.2) is 15.0 Å². The fraction of sp³-hybridized carbons (Fsp3) is 0.750. The van der Waals surface area contributed by atoms with E-state index in [0.29, 0.717) is 18.4 Å². The van der Waals surface area contributed by atoms with Crippen LogP contribution in [0.5, 0.6) is 0 Å². The lowest BCUT2D eigenvalue weighted by atomic mass is 10.0. The smallest absolute Gasteiger partial charge is 0.100 e. The SMILES string of the molecule is N#CCc1nnn(C2CC2)c1C1CCCC1. The Morgan fingerprint density at radius 3 is 2.62 bits per heavy atom. The summed E-state index contributed by atoms with van der Waals surface area (Å²) in [4.78, 5) is 0. The van der Waals surface area contributed by atoms with Gasteiger partial charge in [-0.2, -0.15) is 5.26 Å². The molecule has 1 aromatic heterocycles. The van der Waals surface area contributed by atoms with E-state index < -0.39 is 0 Å². The molecule has 0 aromatic carbocycles. The maximum Gasteiger partial charge on any atom is 0.100 e. The first kappa shape index (κ1) is 9.83. The highest BCUT2D eigenvalue weighted by molar-refractivity contribution is 5.21. The molecule has 1 aromatic rings. The normalized spacial score (nSPS) is 21.2. The molecule has 0 atom stereocenters. The van der Waals surface area contributed by atoms with E-state index in [9.17, 15) is 0 Å². The maximum absolute atomic E-state index is 8.82. The van der Waals surface area contributed by atoms with Gasteiger partial charge in [0.1, 0.15) is 5.69 Å². The molecule has 2 saturated carbocycles. The van der Waals surface area contributed by atoms with Crippen LogP contribution >= 0.6 is 0 Å². The van der Waals surface area contributed by atoms with Crippen molar-refractivity contribution in [2.75, 3.05) is 0 Å². The van der Waals surface area contributed by atoms with Crippen LogP contribution < -0.4 is 0 Å². The van der Waals surface area contributed by atoms with E-state index in [2.05, 4.69) is 21.1 Å². The molecule has 0 unspecified atom stereocenters. The van der Waals surface area contributed by atoms with Crippen LogP contribution in [0.2, 0.25) is 0 Å². The minimum atomic E-state index is 0.415. The summed E-state index contributed by atoms with van der Waals surface area (Å²) in [6.45, 7) is 0. The maximum atomic E-state index is 8.82. The zero-order valence-electron chi connectivity index (χ0n) is 9.39. The zero-order chi connectivity index (χ0) is 11.0. The van der Waals surface area contributed by atoms with Crippen LogP contribution in [0.3, 0.4) is 0 Å². The molecule has 2 aliphatic rings. The van der Waals surface area contributed by atoms with Gasteiger partial charge < -0.3 is 0 Å². The van der Waals surface area contributed by atoms with Crippen molar-refractivity contribution < 1.29 is 0 Å². The summed E-state index contributed by atoms with van der Waals surface area (Å²) < 4.78 is 2.11. The van der Waals surface area contributed by atoms with Crippen LogP contribution in [0.25, 0.3) is 0 Å². The van der Waals surface area contributed by atoms with Crippen LogP contribution in [-0.2, 0) is 6.42 Å². The summed E-state index contributed by atoms with van der Waals surface area (Å²) in [5.41, 5.74) is 2.21. The van der Waals surface area contributed by atoms with Gasteiger partial charge in [0.15, 0.2) is 0 Å². The van der Waals surface area contributed by atoms with Gasteiger partial charge in [0.2, 0.25) is 0 Å². The van der Waals surface area contributed by atoms with Crippen LogP contribution in [0, 0.1) is 11.3 Å². The molecule has 2 fully saturated rings. The molecule has 16 heavy (non-hydrogen) atoms. The molecular weight excluding hydrogens is 200 g/mol. The number of nitrogens with zero attached hydrogens (tertiary/aromatic N) is 4. The highest BCUT2D eigenvalue weighted by Crippen LogP contribution is 2.41. The minimum Gasteiger partial charge on any atom is -0.246 e. The summed E-state index contributed by atoms with van der Waals surface area (Å²) in [5.74, 6) is 0.610. The van der Waals surface area contributed by atoms with E-state index in [-0.39, 0.29) is 0 Å². The Morgan fingerprint density at radius 2 is 2.00 bits per heavy atom. The molecule has 2 aliphatic carbocycles. The summed E-state index contributed by atoms with van der Waals surface area (Å²) in [6.07, 6.45) is 8.00. The predicted octanol–water partition coefficient (Wildman–Crippen LogP) is 2.34. The largest absolute Gasteiger partial charge is 0.246 e. The first-order valence-electron chi connectivity index (χ1n) is 6.21. The van der Waals surface area contributed by atoms with Gasteiger partial charge in [-0.25, -0.2) is 4.68 Å². The first-order chi connectivity index (χ1) is 7.90. The monoisotopic (exact) mass is 216 g/mol. The average molecular weight is 216 g/mol. The number of rotatable bonds is 3. The van der Waals surface area contributed by atoms with Crippen molar-refractivity contribution in [3.63, 3.8) is 0 Å². The van der Waals surface area contributed by atoms with Crippen molar-refractivity contribution in [3.8, 4) is 6.07 Å². The lowest BCUT2D eigenvalue weighted by molar-refractivity contribution is 0.543. The van der Waals surface area contributed by atoms with Crippen molar-refractivity contribution >= 4 is 0 Å². The highest BCUT2D eigenvalue weighted by Gasteiger charge is 2.32. The van der Waals surface area contributed by atoms with Gasteiger partial charge in [0.25, 0.3) is 0 Å². The van der Waals surface area contributed by atoms with Gasteiger partial charge in [-0.3, -0.25) is 0 Å². The third kappa shape index (κ3) is 1.60. The van der Waals surface area contributed by atoms with Crippen LogP contribution in [0.15, 0.2) is 0 Å². The van der Waals surface area contributed by atoms with Crippen molar-refractivity contribution in [2.45, 2.75) is 56.9 Å². The van der Waals surface area contributed by atoms with E-state index in [0.717, 1.165) is 5.69 Å². The molecule has 0 radical (unpaired) electrons. The minimum absolute atomic E-state index is 0.415. The van der Waals surface area contributed by atoms with Crippen LogP contribution in [0.1, 0.15) is 61.9 Å². The van der Waals surface area contributed by atoms with Crippen molar-refractivity contribution in [1.82, 2.24) is 15.0 Å². The molecule has 4 heteroatoms. The molecule has 4 nitrogen and oxygen atoms in total. The Morgan fingerprint density at radius 1 is 1.25 bits per heavy atom. The fourth-order valence-electron chi connectivity index (χ4n) is 2.75. The number of hydrogen-bond acceptors (Lipinski definition) is 3. The molecule has 0 N–H and O–H groups in total. The molecule has 0 aliphatic heterocycles. The molecule has 0 amide bonds. The predicted molar refractivity (Wildman–Crippen MR) is 58.8 cm³/mol. The summed E-state index contributed by atoms with van der Waals surface area (Å²) in [7, 11) is 0. The van der Waals surface area contributed by atoms with Crippen molar-refractivity contribution in [1.29, 1.82) is 5.26 Å². The Hall–Kier alpha value is -1.37. The Kier molecular flexibility index (Phi) is 2.39. The summed E-state index contributed by atoms with van der Waals surface area (Å²) >= 11 is 0. The Balaban J connectivity index is 1.96. The van der Waals surface area contributed by atoms with E-state index >= 15 is 0 Å². The number of nitriles is 1. The second-order valence-electron chi connectivity index (χ2n) is 4.91. The Bertz CT molecular complexity index is 419. The van der Waals surface area contributed by atoms with Gasteiger partial charge in [-0.1, -0.05) is 18.1 Å². The molecular formula is C12H16N4. The summed E-state index contributed by atoms with van der Waals surface area (Å²) in [6, 6.07) is 2.78. The van der Waals surface area contributed by atoms with Crippen molar-refractivity contribution in [2.24, 2.45) is 0 Å². The fourth-order valence-corrected chi connectivity index (χ4v) is 2.75. The standard InChI is InChI=1S/C12H16N4/c13-8-7-11-12(9-3-1-2-4-9)16(15-14-11)10-5-6-10/h9-10H,1-7H2. The quantitative estimate of drug-likeness (QED) is 0.779. The van der Waals surface area contributed by atoms with E-state index in [1.807, 2.05) is 0 Å². The topological polar surface area (TPSA) is 54.5 Å². The van der Waals surface area contributed by atoms with E-state index in [1.165, 1.54) is 44.2 Å².